The van der Waals surface area contributed by atoms with Crippen LogP contribution in [-0.4, -0.2) is 31.3 Å². The van der Waals surface area contributed by atoms with Gasteiger partial charge in [0.2, 0.25) is 0 Å². The number of anilines is 1. The Morgan fingerprint density at radius 2 is 1.75 bits per heavy atom. The molecule has 0 aromatic heterocycles. The molecule has 0 aliphatic heterocycles. The highest BCUT2D eigenvalue weighted by Crippen LogP contribution is 2.28. The lowest BCUT2D eigenvalue weighted by atomic mass is 10.1. The first-order chi connectivity index (χ1) is 11.5. The fraction of sp³-hybridized carbons (Fsp3) is 0.176. The second-order valence-electron chi connectivity index (χ2n) is 4.88. The standard InChI is InChI=1S/C17H18N2O5/c1-23-13-7-8-14(15(9-13)24-2)19-17(22)18-10-11-3-5-12(6-4-11)16(20)21/h3-9H,10H2,1-2H3,(H,20,21)(H2,18,19,22). The molecular weight excluding hydrogens is 312 g/mol. The summed E-state index contributed by atoms with van der Waals surface area (Å²) in [5.74, 6) is 0.116. The number of methoxy groups -OCH3 is 2. The molecule has 0 aliphatic rings. The average molecular weight is 330 g/mol. The van der Waals surface area contributed by atoms with E-state index in [-0.39, 0.29) is 12.1 Å². The van der Waals surface area contributed by atoms with E-state index in [0.29, 0.717) is 17.2 Å². The molecule has 0 aliphatic carbocycles. The monoisotopic (exact) mass is 330 g/mol. The Morgan fingerprint density at radius 3 is 2.33 bits per heavy atom. The number of nitrogens with one attached hydrogen (secondary N) is 2. The maximum absolute atomic E-state index is 12.0. The SMILES string of the molecule is COc1ccc(NC(=O)NCc2ccc(C(=O)O)cc2)c(OC)c1. The summed E-state index contributed by atoms with van der Waals surface area (Å²) >= 11 is 0. The van der Waals surface area contributed by atoms with Crippen molar-refractivity contribution in [3.63, 3.8) is 0 Å². The summed E-state index contributed by atoms with van der Waals surface area (Å²) < 4.78 is 10.3. The molecule has 0 unspecified atom stereocenters. The summed E-state index contributed by atoms with van der Waals surface area (Å²) in [6, 6.07) is 10.9. The van der Waals surface area contributed by atoms with Crippen LogP contribution in [0.25, 0.3) is 0 Å². The van der Waals surface area contributed by atoms with Crippen LogP contribution in [0.4, 0.5) is 10.5 Å². The first-order valence-corrected chi connectivity index (χ1v) is 7.12. The van der Waals surface area contributed by atoms with E-state index >= 15 is 0 Å². The van der Waals surface area contributed by atoms with E-state index in [1.165, 1.54) is 19.2 Å². The summed E-state index contributed by atoms with van der Waals surface area (Å²) in [5.41, 5.74) is 1.50. The third-order valence-corrected chi connectivity index (χ3v) is 3.31. The Hall–Kier alpha value is -3.22. The number of carboxylic acid groups (broad SMARTS) is 1. The smallest absolute Gasteiger partial charge is 0.335 e. The number of hydrogen-bond donors (Lipinski definition) is 3. The van der Waals surface area contributed by atoms with Gasteiger partial charge in [-0.05, 0) is 29.8 Å². The Morgan fingerprint density at radius 1 is 1.04 bits per heavy atom. The number of ether oxygens (including phenoxy) is 2. The van der Waals surface area contributed by atoms with Crippen LogP contribution in [0.2, 0.25) is 0 Å². The quantitative estimate of drug-likeness (QED) is 0.757. The first kappa shape index (κ1) is 17.1. The van der Waals surface area contributed by atoms with Crippen molar-refractivity contribution in [2.75, 3.05) is 19.5 Å². The largest absolute Gasteiger partial charge is 0.497 e. The van der Waals surface area contributed by atoms with Crippen LogP contribution in [0.15, 0.2) is 42.5 Å². The molecule has 7 heteroatoms. The van der Waals surface area contributed by atoms with Crippen molar-refractivity contribution in [2.24, 2.45) is 0 Å². The topological polar surface area (TPSA) is 96.9 Å². The molecule has 0 saturated carbocycles. The number of hydrogen-bond acceptors (Lipinski definition) is 4. The van der Waals surface area contributed by atoms with Gasteiger partial charge in [0.1, 0.15) is 11.5 Å². The fourth-order valence-electron chi connectivity index (χ4n) is 2.02. The Balaban J connectivity index is 1.94. The minimum atomic E-state index is -0.987. The Kier molecular flexibility index (Phi) is 5.62. The maximum Gasteiger partial charge on any atom is 0.335 e. The lowest BCUT2D eigenvalue weighted by Crippen LogP contribution is -2.28. The van der Waals surface area contributed by atoms with Crippen LogP contribution in [0.5, 0.6) is 11.5 Å². The van der Waals surface area contributed by atoms with Crippen molar-refractivity contribution in [2.45, 2.75) is 6.54 Å². The van der Waals surface area contributed by atoms with Crippen molar-refractivity contribution in [1.29, 1.82) is 0 Å². The lowest BCUT2D eigenvalue weighted by Gasteiger charge is -2.12. The van der Waals surface area contributed by atoms with Gasteiger partial charge in [0.05, 0.1) is 25.5 Å². The van der Waals surface area contributed by atoms with Gasteiger partial charge in [-0.25, -0.2) is 9.59 Å². The number of carbonyl (C=O) groups excluding carboxylic acids is 1. The van der Waals surface area contributed by atoms with E-state index in [1.807, 2.05) is 0 Å². The molecule has 2 amide bonds. The predicted octanol–water partition coefficient (Wildman–Crippen LogP) is 2.72. The van der Waals surface area contributed by atoms with E-state index in [9.17, 15) is 9.59 Å². The molecule has 2 aromatic rings. The van der Waals surface area contributed by atoms with Crippen LogP contribution in [0.1, 0.15) is 15.9 Å². The number of rotatable bonds is 6. The normalized spacial score (nSPS) is 9.92. The number of carboxylic acids is 1. The van der Waals surface area contributed by atoms with Gasteiger partial charge in [-0.2, -0.15) is 0 Å². The number of urea groups is 1. The molecule has 126 valence electrons. The second-order valence-corrected chi connectivity index (χ2v) is 4.88. The summed E-state index contributed by atoms with van der Waals surface area (Å²) in [6.07, 6.45) is 0. The molecule has 0 saturated heterocycles. The van der Waals surface area contributed by atoms with Crippen LogP contribution in [0, 0.1) is 0 Å². The van der Waals surface area contributed by atoms with Crippen LogP contribution < -0.4 is 20.1 Å². The maximum atomic E-state index is 12.0. The van der Waals surface area contributed by atoms with Gasteiger partial charge in [0, 0.05) is 12.6 Å². The zero-order chi connectivity index (χ0) is 17.5. The van der Waals surface area contributed by atoms with Gasteiger partial charge in [-0.3, -0.25) is 0 Å². The van der Waals surface area contributed by atoms with Crippen molar-refractivity contribution in [3.8, 4) is 11.5 Å². The number of benzene rings is 2. The minimum Gasteiger partial charge on any atom is -0.497 e. The van der Waals surface area contributed by atoms with E-state index in [4.69, 9.17) is 14.6 Å². The number of carbonyl (C=O) groups is 2. The molecule has 3 N–H and O–H groups in total. The van der Waals surface area contributed by atoms with E-state index in [0.717, 1.165) is 5.56 Å². The summed E-state index contributed by atoms with van der Waals surface area (Å²) in [6.45, 7) is 0.268. The van der Waals surface area contributed by atoms with E-state index in [1.54, 1.807) is 37.4 Å². The highest BCUT2D eigenvalue weighted by atomic mass is 16.5. The molecule has 0 spiro atoms. The van der Waals surface area contributed by atoms with Gasteiger partial charge in [0.15, 0.2) is 0 Å². The molecule has 0 fully saturated rings. The van der Waals surface area contributed by atoms with Gasteiger partial charge in [-0.15, -0.1) is 0 Å². The molecule has 0 atom stereocenters. The molecule has 24 heavy (non-hydrogen) atoms. The summed E-state index contributed by atoms with van der Waals surface area (Å²) in [4.78, 5) is 22.8. The highest BCUT2D eigenvalue weighted by molar-refractivity contribution is 5.91. The minimum absolute atomic E-state index is 0.200. The van der Waals surface area contributed by atoms with Crippen molar-refractivity contribution in [3.05, 3.63) is 53.6 Å². The molecule has 0 heterocycles. The summed E-state index contributed by atoms with van der Waals surface area (Å²) in [5, 5.41) is 14.2. The Labute approximate surface area is 139 Å². The van der Waals surface area contributed by atoms with Crippen LogP contribution in [-0.2, 0) is 6.54 Å². The lowest BCUT2D eigenvalue weighted by molar-refractivity contribution is 0.0697. The van der Waals surface area contributed by atoms with Crippen LogP contribution >= 0.6 is 0 Å². The highest BCUT2D eigenvalue weighted by Gasteiger charge is 2.09. The zero-order valence-electron chi connectivity index (χ0n) is 13.3. The van der Waals surface area contributed by atoms with E-state index in [2.05, 4.69) is 10.6 Å². The van der Waals surface area contributed by atoms with Gasteiger partial charge >= 0.3 is 12.0 Å². The zero-order valence-corrected chi connectivity index (χ0v) is 13.3. The molecule has 2 rings (SSSR count). The third-order valence-electron chi connectivity index (χ3n) is 3.31. The number of aromatic carboxylic acids is 1. The third kappa shape index (κ3) is 4.39. The molecule has 2 aromatic carbocycles. The molecule has 7 nitrogen and oxygen atoms in total. The molecule has 0 bridgehead atoms. The molecule has 0 radical (unpaired) electrons. The molecular formula is C17H18N2O5. The fourth-order valence-corrected chi connectivity index (χ4v) is 2.02. The summed E-state index contributed by atoms with van der Waals surface area (Å²) in [7, 11) is 3.05. The van der Waals surface area contributed by atoms with Crippen LogP contribution in [0.3, 0.4) is 0 Å². The van der Waals surface area contributed by atoms with E-state index < -0.39 is 12.0 Å². The Bertz CT molecular complexity index is 728. The van der Waals surface area contributed by atoms with Crippen molar-refractivity contribution in [1.82, 2.24) is 5.32 Å². The van der Waals surface area contributed by atoms with Crippen molar-refractivity contribution < 1.29 is 24.2 Å². The first-order valence-electron chi connectivity index (χ1n) is 7.12. The van der Waals surface area contributed by atoms with Gasteiger partial charge < -0.3 is 25.2 Å². The second kappa shape index (κ2) is 7.87. The predicted molar refractivity (Wildman–Crippen MR) is 88.8 cm³/mol. The average Bonchev–Trinajstić information content (AvgIpc) is 2.60. The number of amides is 2. The van der Waals surface area contributed by atoms with Gasteiger partial charge in [-0.1, -0.05) is 12.1 Å². The van der Waals surface area contributed by atoms with Crippen molar-refractivity contribution >= 4 is 17.7 Å². The van der Waals surface area contributed by atoms with Gasteiger partial charge in [0.25, 0.3) is 0 Å².